The summed E-state index contributed by atoms with van der Waals surface area (Å²) in [6, 6.07) is 15.8. The van der Waals surface area contributed by atoms with Crippen molar-refractivity contribution >= 4 is 50.7 Å². The number of halogens is 2. The van der Waals surface area contributed by atoms with Gasteiger partial charge in [-0.25, -0.2) is 8.42 Å². The maximum atomic E-state index is 14.4. The molecule has 1 atom stereocenters. The average Bonchev–Trinajstić information content (AvgIpc) is 3.50. The fourth-order valence-electron chi connectivity index (χ4n) is 5.47. The Balaban J connectivity index is 1.78. The van der Waals surface area contributed by atoms with Crippen molar-refractivity contribution in [2.24, 2.45) is 0 Å². The van der Waals surface area contributed by atoms with Crippen molar-refractivity contribution < 1.29 is 22.7 Å². The summed E-state index contributed by atoms with van der Waals surface area (Å²) in [5, 5.41) is 3.79. The molecular formula is C33H39Cl2N3O5S. The molecule has 1 N–H and O–H groups in total. The first-order valence-corrected chi connectivity index (χ1v) is 16.9. The average molecular weight is 661 g/mol. The smallest absolute Gasteiger partial charge is 0.264 e. The van der Waals surface area contributed by atoms with Crippen LogP contribution in [-0.2, 0) is 26.2 Å². The summed E-state index contributed by atoms with van der Waals surface area (Å²) < 4.78 is 35.0. The van der Waals surface area contributed by atoms with Crippen molar-refractivity contribution in [3.8, 4) is 5.75 Å². The fraction of sp³-hybridized carbons (Fsp3) is 0.394. The molecule has 0 unspecified atom stereocenters. The number of hydrogen-bond donors (Lipinski definition) is 1. The number of hydrogen-bond acceptors (Lipinski definition) is 5. The lowest BCUT2D eigenvalue weighted by Crippen LogP contribution is -2.53. The van der Waals surface area contributed by atoms with E-state index in [0.29, 0.717) is 27.8 Å². The van der Waals surface area contributed by atoms with Gasteiger partial charge in [0.15, 0.2) is 0 Å². The lowest BCUT2D eigenvalue weighted by Gasteiger charge is -2.34. The molecule has 3 aromatic rings. The van der Waals surface area contributed by atoms with Gasteiger partial charge in [0, 0.05) is 12.6 Å². The first-order chi connectivity index (χ1) is 20.9. The van der Waals surface area contributed by atoms with E-state index >= 15 is 0 Å². The summed E-state index contributed by atoms with van der Waals surface area (Å²) in [5.41, 5.74) is 2.55. The summed E-state index contributed by atoms with van der Waals surface area (Å²) in [5.74, 6) is -0.529. The molecular weight excluding hydrogens is 621 g/mol. The van der Waals surface area contributed by atoms with Crippen LogP contribution in [0.5, 0.6) is 5.75 Å². The number of carbonyl (C=O) groups excluding carboxylic acids is 2. The molecule has 3 aromatic carbocycles. The predicted molar refractivity (Wildman–Crippen MR) is 175 cm³/mol. The first-order valence-electron chi connectivity index (χ1n) is 14.7. The van der Waals surface area contributed by atoms with Crippen LogP contribution >= 0.6 is 23.2 Å². The molecule has 44 heavy (non-hydrogen) atoms. The molecule has 1 fully saturated rings. The Morgan fingerprint density at radius 1 is 0.955 bits per heavy atom. The van der Waals surface area contributed by atoms with Crippen LogP contribution in [0, 0.1) is 13.8 Å². The second-order valence-electron chi connectivity index (χ2n) is 11.2. The molecule has 1 saturated carbocycles. The van der Waals surface area contributed by atoms with Gasteiger partial charge in [0.2, 0.25) is 11.8 Å². The van der Waals surface area contributed by atoms with Crippen LogP contribution in [0.4, 0.5) is 5.69 Å². The van der Waals surface area contributed by atoms with Crippen LogP contribution in [0.1, 0.15) is 55.7 Å². The number of rotatable bonds is 12. The highest BCUT2D eigenvalue weighted by Gasteiger charge is 2.35. The van der Waals surface area contributed by atoms with E-state index in [1.165, 1.54) is 24.1 Å². The van der Waals surface area contributed by atoms with Crippen LogP contribution in [0.2, 0.25) is 10.0 Å². The summed E-state index contributed by atoms with van der Waals surface area (Å²) in [7, 11) is -2.79. The Kier molecular flexibility index (Phi) is 11.2. The third-order valence-corrected chi connectivity index (χ3v) is 10.4. The van der Waals surface area contributed by atoms with Crippen molar-refractivity contribution in [3.63, 3.8) is 0 Å². The third kappa shape index (κ3) is 7.86. The molecule has 8 nitrogen and oxygen atoms in total. The second-order valence-corrected chi connectivity index (χ2v) is 13.9. The van der Waals surface area contributed by atoms with E-state index in [-0.39, 0.29) is 29.1 Å². The van der Waals surface area contributed by atoms with E-state index in [1.807, 2.05) is 20.8 Å². The monoisotopic (exact) mass is 659 g/mol. The van der Waals surface area contributed by atoms with Crippen molar-refractivity contribution in [2.75, 3.05) is 18.0 Å². The number of ether oxygens (including phenoxy) is 1. The standard InChI is InChI=1S/C33H39Cl2N3O5S/c1-5-29(33(40)36-25-8-6-7-9-25)37(20-24-13-16-27(34)28(35)19-24)32(39)21-38(30-18-23(3)12-17-31(30)43-4)44(41,42)26-14-10-22(2)11-15-26/h10-19,25,29H,5-9,20-21H2,1-4H3,(H,36,40)/t29-/m1/s1. The molecule has 1 aliphatic carbocycles. The van der Waals surface area contributed by atoms with Gasteiger partial charge in [0.1, 0.15) is 18.3 Å². The molecule has 236 valence electrons. The highest BCUT2D eigenvalue weighted by atomic mass is 35.5. The van der Waals surface area contributed by atoms with Crippen molar-refractivity contribution in [1.82, 2.24) is 10.2 Å². The number of benzene rings is 3. The van der Waals surface area contributed by atoms with Gasteiger partial charge >= 0.3 is 0 Å². The molecule has 0 aliphatic heterocycles. The highest BCUT2D eigenvalue weighted by Crippen LogP contribution is 2.34. The Labute approximate surface area is 270 Å². The minimum Gasteiger partial charge on any atom is -0.495 e. The Morgan fingerprint density at radius 3 is 2.23 bits per heavy atom. The minimum atomic E-state index is -4.24. The van der Waals surface area contributed by atoms with E-state index in [4.69, 9.17) is 27.9 Å². The number of anilines is 1. The highest BCUT2D eigenvalue weighted by molar-refractivity contribution is 7.92. The van der Waals surface area contributed by atoms with E-state index in [0.717, 1.165) is 41.1 Å². The van der Waals surface area contributed by atoms with Gasteiger partial charge in [0.25, 0.3) is 10.0 Å². The van der Waals surface area contributed by atoms with Crippen molar-refractivity contribution in [2.45, 2.75) is 76.4 Å². The quantitative estimate of drug-likeness (QED) is 0.234. The SMILES string of the molecule is CC[C@H](C(=O)NC1CCCC1)N(Cc1ccc(Cl)c(Cl)c1)C(=O)CN(c1cc(C)ccc1OC)S(=O)(=O)c1ccc(C)cc1. The number of aryl methyl sites for hydroxylation is 2. The molecule has 0 saturated heterocycles. The van der Waals surface area contributed by atoms with Gasteiger partial charge in [-0.2, -0.15) is 0 Å². The summed E-state index contributed by atoms with van der Waals surface area (Å²) in [6.07, 6.45) is 4.18. The zero-order valence-electron chi connectivity index (χ0n) is 25.5. The van der Waals surface area contributed by atoms with Gasteiger partial charge in [0.05, 0.1) is 27.7 Å². The molecule has 0 aromatic heterocycles. The molecule has 2 amide bonds. The Bertz CT molecular complexity index is 1590. The maximum Gasteiger partial charge on any atom is 0.264 e. The van der Waals surface area contributed by atoms with Crippen LogP contribution in [0.15, 0.2) is 65.6 Å². The number of methoxy groups -OCH3 is 1. The van der Waals surface area contributed by atoms with E-state index in [9.17, 15) is 18.0 Å². The van der Waals surface area contributed by atoms with Gasteiger partial charge < -0.3 is 15.0 Å². The molecule has 4 rings (SSSR count). The third-order valence-electron chi connectivity index (χ3n) is 7.92. The topological polar surface area (TPSA) is 96.0 Å². The molecule has 0 spiro atoms. The lowest BCUT2D eigenvalue weighted by molar-refractivity contribution is -0.140. The molecule has 0 radical (unpaired) electrons. The number of nitrogens with one attached hydrogen (secondary N) is 1. The first kappa shape index (κ1) is 33.6. The van der Waals surface area contributed by atoms with Crippen molar-refractivity contribution in [1.29, 1.82) is 0 Å². The van der Waals surface area contributed by atoms with Crippen LogP contribution in [-0.4, -0.2) is 50.9 Å². The number of carbonyl (C=O) groups is 2. The summed E-state index contributed by atoms with van der Waals surface area (Å²) in [6.45, 7) is 4.99. The largest absolute Gasteiger partial charge is 0.495 e. The second kappa shape index (κ2) is 14.7. The van der Waals surface area contributed by atoms with Crippen molar-refractivity contribution in [3.05, 3.63) is 87.4 Å². The van der Waals surface area contributed by atoms with Gasteiger partial charge in [-0.15, -0.1) is 0 Å². The van der Waals surface area contributed by atoms with Gasteiger partial charge in [-0.05, 0) is 80.6 Å². The van der Waals surface area contributed by atoms with E-state index < -0.39 is 28.5 Å². The van der Waals surface area contributed by atoms with Gasteiger partial charge in [-0.1, -0.05) is 72.8 Å². The maximum absolute atomic E-state index is 14.4. The molecule has 0 heterocycles. The zero-order valence-corrected chi connectivity index (χ0v) is 27.8. The Hall–Kier alpha value is -3.27. The zero-order chi connectivity index (χ0) is 32.0. The number of nitrogens with zero attached hydrogens (tertiary/aromatic N) is 2. The predicted octanol–water partition coefficient (Wildman–Crippen LogP) is 6.68. The number of amides is 2. The lowest BCUT2D eigenvalue weighted by atomic mass is 10.1. The van der Waals surface area contributed by atoms with Crippen LogP contribution in [0.3, 0.4) is 0 Å². The van der Waals surface area contributed by atoms with Crippen LogP contribution in [0.25, 0.3) is 0 Å². The summed E-state index contributed by atoms with van der Waals surface area (Å²) >= 11 is 12.5. The summed E-state index contributed by atoms with van der Waals surface area (Å²) in [4.78, 5) is 29.5. The minimum absolute atomic E-state index is 0.0235. The van der Waals surface area contributed by atoms with Crippen LogP contribution < -0.4 is 14.4 Å². The molecule has 1 aliphatic rings. The van der Waals surface area contributed by atoms with E-state index in [1.54, 1.807) is 48.5 Å². The Morgan fingerprint density at radius 2 is 1.61 bits per heavy atom. The normalized spacial score (nSPS) is 14.2. The van der Waals surface area contributed by atoms with Gasteiger partial charge in [-0.3, -0.25) is 13.9 Å². The molecule has 0 bridgehead atoms. The van der Waals surface area contributed by atoms with E-state index in [2.05, 4.69) is 5.32 Å². The number of sulfonamides is 1. The fourth-order valence-corrected chi connectivity index (χ4v) is 7.20. The molecule has 11 heteroatoms.